The maximum absolute atomic E-state index is 5.37. The molecule has 0 fully saturated rings. The highest BCUT2D eigenvalue weighted by Gasteiger charge is 2.02. The predicted molar refractivity (Wildman–Crippen MR) is 58.1 cm³/mol. The summed E-state index contributed by atoms with van der Waals surface area (Å²) < 4.78 is 5.37. The topological polar surface area (TPSA) is 47.3 Å². The first-order chi connectivity index (χ1) is 6.31. The van der Waals surface area contributed by atoms with Crippen molar-refractivity contribution in [1.82, 2.24) is 0 Å². The van der Waals surface area contributed by atoms with Crippen molar-refractivity contribution in [2.24, 2.45) is 5.84 Å². The number of benzene rings is 1. The van der Waals surface area contributed by atoms with Gasteiger partial charge in [0.2, 0.25) is 0 Å². The van der Waals surface area contributed by atoms with E-state index in [0.29, 0.717) is 6.61 Å². The summed E-state index contributed by atoms with van der Waals surface area (Å²) in [6, 6.07) is 5.87. The molecule has 0 heterocycles. The summed E-state index contributed by atoms with van der Waals surface area (Å²) >= 11 is 3.37. The zero-order valence-electron chi connectivity index (χ0n) is 7.51. The molecule has 0 aromatic heterocycles. The van der Waals surface area contributed by atoms with Crippen molar-refractivity contribution in [2.45, 2.75) is 12.3 Å². The summed E-state index contributed by atoms with van der Waals surface area (Å²) in [5.41, 5.74) is 4.59. The van der Waals surface area contributed by atoms with Gasteiger partial charge in [0, 0.05) is 5.33 Å². The fourth-order valence-electron chi connectivity index (χ4n) is 1.05. The Balaban J connectivity index is 2.93. The van der Waals surface area contributed by atoms with Crippen molar-refractivity contribution in [2.75, 3.05) is 12.0 Å². The van der Waals surface area contributed by atoms with Crippen molar-refractivity contribution in [1.29, 1.82) is 0 Å². The first-order valence-corrected chi connectivity index (χ1v) is 5.22. The normalized spacial score (nSPS) is 9.77. The standard InChI is InChI=1S/C9H13BrN2O/c1-2-13-9-4-3-7(6-10)5-8(9)12-11/h3-5,12H,2,6,11H2,1H3. The molecule has 0 amide bonds. The third-order valence-corrected chi connectivity index (χ3v) is 2.30. The number of nitrogens with one attached hydrogen (secondary N) is 1. The van der Waals surface area contributed by atoms with Gasteiger partial charge in [0.15, 0.2) is 0 Å². The second-order valence-electron chi connectivity index (χ2n) is 2.54. The lowest BCUT2D eigenvalue weighted by Gasteiger charge is -2.10. The van der Waals surface area contributed by atoms with E-state index in [1.807, 2.05) is 25.1 Å². The molecular formula is C9H13BrN2O. The van der Waals surface area contributed by atoms with Gasteiger partial charge in [0.25, 0.3) is 0 Å². The van der Waals surface area contributed by atoms with Crippen LogP contribution >= 0.6 is 15.9 Å². The minimum atomic E-state index is 0.641. The number of halogens is 1. The number of ether oxygens (including phenoxy) is 1. The van der Waals surface area contributed by atoms with Gasteiger partial charge in [-0.2, -0.15) is 0 Å². The van der Waals surface area contributed by atoms with E-state index in [1.165, 1.54) is 0 Å². The summed E-state index contributed by atoms with van der Waals surface area (Å²) in [5.74, 6) is 6.15. The Hall–Kier alpha value is -0.740. The first kappa shape index (κ1) is 10.3. The van der Waals surface area contributed by atoms with Gasteiger partial charge < -0.3 is 10.2 Å². The first-order valence-electron chi connectivity index (χ1n) is 4.10. The van der Waals surface area contributed by atoms with Crippen molar-refractivity contribution < 1.29 is 4.74 Å². The van der Waals surface area contributed by atoms with Gasteiger partial charge in [0.05, 0.1) is 12.3 Å². The largest absolute Gasteiger partial charge is 0.492 e. The number of alkyl halides is 1. The number of hydrazine groups is 1. The quantitative estimate of drug-likeness (QED) is 0.486. The van der Waals surface area contributed by atoms with Crippen molar-refractivity contribution in [3.8, 4) is 5.75 Å². The molecule has 0 radical (unpaired) electrons. The third kappa shape index (κ3) is 2.60. The van der Waals surface area contributed by atoms with E-state index in [9.17, 15) is 0 Å². The van der Waals surface area contributed by atoms with Gasteiger partial charge in [0.1, 0.15) is 5.75 Å². The number of hydrogen-bond acceptors (Lipinski definition) is 3. The number of rotatable bonds is 4. The molecule has 0 aliphatic carbocycles. The lowest BCUT2D eigenvalue weighted by Crippen LogP contribution is -2.09. The Morgan fingerprint density at radius 1 is 1.54 bits per heavy atom. The van der Waals surface area contributed by atoms with Crippen LogP contribution in [0.5, 0.6) is 5.75 Å². The minimum Gasteiger partial charge on any atom is -0.492 e. The predicted octanol–water partition coefficient (Wildman–Crippen LogP) is 2.27. The fraction of sp³-hybridized carbons (Fsp3) is 0.333. The van der Waals surface area contributed by atoms with E-state index in [4.69, 9.17) is 10.6 Å². The smallest absolute Gasteiger partial charge is 0.143 e. The van der Waals surface area contributed by atoms with Crippen LogP contribution < -0.4 is 16.0 Å². The van der Waals surface area contributed by atoms with Crippen LogP contribution in [0, 0.1) is 0 Å². The Morgan fingerprint density at radius 2 is 2.31 bits per heavy atom. The third-order valence-electron chi connectivity index (χ3n) is 1.65. The van der Waals surface area contributed by atoms with E-state index < -0.39 is 0 Å². The number of anilines is 1. The number of nitrogen functional groups attached to an aromatic ring is 1. The van der Waals surface area contributed by atoms with Crippen LogP contribution in [0.3, 0.4) is 0 Å². The van der Waals surface area contributed by atoms with E-state index in [0.717, 1.165) is 22.3 Å². The highest BCUT2D eigenvalue weighted by atomic mass is 79.9. The molecule has 0 bridgehead atoms. The second kappa shape index (κ2) is 5.09. The van der Waals surface area contributed by atoms with Gasteiger partial charge in [-0.3, -0.25) is 5.84 Å². The Labute approximate surface area is 86.4 Å². The molecule has 0 spiro atoms. The van der Waals surface area contributed by atoms with Crippen LogP contribution in [0.25, 0.3) is 0 Å². The molecule has 13 heavy (non-hydrogen) atoms. The molecule has 0 atom stereocenters. The van der Waals surface area contributed by atoms with Crippen LogP contribution in [0.15, 0.2) is 18.2 Å². The molecule has 0 saturated heterocycles. The van der Waals surface area contributed by atoms with Gasteiger partial charge in [-0.15, -0.1) is 0 Å². The van der Waals surface area contributed by atoms with E-state index >= 15 is 0 Å². The summed E-state index contributed by atoms with van der Waals surface area (Å²) in [6.45, 7) is 2.58. The number of hydrogen-bond donors (Lipinski definition) is 2. The second-order valence-corrected chi connectivity index (χ2v) is 3.10. The molecule has 1 aromatic carbocycles. The van der Waals surface area contributed by atoms with E-state index in [1.54, 1.807) is 0 Å². The molecule has 0 saturated carbocycles. The molecular weight excluding hydrogens is 232 g/mol. The van der Waals surface area contributed by atoms with Gasteiger partial charge in [-0.25, -0.2) is 0 Å². The highest BCUT2D eigenvalue weighted by molar-refractivity contribution is 9.08. The molecule has 0 aliphatic rings. The summed E-state index contributed by atoms with van der Waals surface area (Å²) in [7, 11) is 0. The van der Waals surface area contributed by atoms with Gasteiger partial charge >= 0.3 is 0 Å². The zero-order valence-corrected chi connectivity index (χ0v) is 9.10. The van der Waals surface area contributed by atoms with Crippen molar-refractivity contribution in [3.63, 3.8) is 0 Å². The maximum Gasteiger partial charge on any atom is 0.143 e. The van der Waals surface area contributed by atoms with Crippen LogP contribution in [-0.2, 0) is 5.33 Å². The Morgan fingerprint density at radius 3 is 2.85 bits per heavy atom. The Kier molecular flexibility index (Phi) is 4.05. The zero-order chi connectivity index (χ0) is 9.68. The van der Waals surface area contributed by atoms with E-state index in [-0.39, 0.29) is 0 Å². The lowest BCUT2D eigenvalue weighted by molar-refractivity contribution is 0.341. The average molecular weight is 245 g/mol. The molecule has 0 unspecified atom stereocenters. The molecule has 3 nitrogen and oxygen atoms in total. The summed E-state index contributed by atoms with van der Waals surface area (Å²) in [6.07, 6.45) is 0. The molecule has 0 aliphatic heterocycles. The molecule has 4 heteroatoms. The highest BCUT2D eigenvalue weighted by Crippen LogP contribution is 2.25. The number of nitrogens with two attached hydrogens (primary N) is 1. The minimum absolute atomic E-state index is 0.641. The summed E-state index contributed by atoms with van der Waals surface area (Å²) in [5, 5.41) is 0.814. The van der Waals surface area contributed by atoms with Crippen molar-refractivity contribution >= 4 is 21.6 Å². The average Bonchev–Trinajstić information content (AvgIpc) is 2.19. The van der Waals surface area contributed by atoms with E-state index in [2.05, 4.69) is 21.4 Å². The monoisotopic (exact) mass is 244 g/mol. The molecule has 3 N–H and O–H groups in total. The van der Waals surface area contributed by atoms with Crippen LogP contribution in [0.2, 0.25) is 0 Å². The van der Waals surface area contributed by atoms with Crippen molar-refractivity contribution in [3.05, 3.63) is 23.8 Å². The van der Waals surface area contributed by atoms with Gasteiger partial charge in [-0.05, 0) is 24.6 Å². The molecule has 1 aromatic rings. The molecule has 72 valence electrons. The van der Waals surface area contributed by atoms with Crippen LogP contribution in [0.4, 0.5) is 5.69 Å². The lowest BCUT2D eigenvalue weighted by atomic mass is 10.2. The fourth-order valence-corrected chi connectivity index (χ4v) is 1.40. The van der Waals surface area contributed by atoms with Crippen LogP contribution in [-0.4, -0.2) is 6.61 Å². The Bertz CT molecular complexity index is 278. The molecule has 1 rings (SSSR count). The summed E-state index contributed by atoms with van der Waals surface area (Å²) in [4.78, 5) is 0. The van der Waals surface area contributed by atoms with Crippen LogP contribution in [0.1, 0.15) is 12.5 Å². The maximum atomic E-state index is 5.37. The van der Waals surface area contributed by atoms with Gasteiger partial charge in [-0.1, -0.05) is 22.0 Å². The SMILES string of the molecule is CCOc1ccc(CBr)cc1NN.